The van der Waals surface area contributed by atoms with Crippen LogP contribution in [-0.2, 0) is 6.54 Å². The number of nitrogens with one attached hydrogen (secondary N) is 1. The molecule has 1 heterocycles. The lowest BCUT2D eigenvalue weighted by atomic mass is 10.3. The summed E-state index contributed by atoms with van der Waals surface area (Å²) in [5.74, 6) is 0.889. The van der Waals surface area contributed by atoms with Crippen LogP contribution in [0.5, 0.6) is 0 Å². The minimum atomic E-state index is -4.27. The van der Waals surface area contributed by atoms with Crippen LogP contribution in [0.15, 0.2) is 40.7 Å². The predicted octanol–water partition coefficient (Wildman–Crippen LogP) is 6.31. The van der Waals surface area contributed by atoms with E-state index in [2.05, 4.69) is 23.3 Å². The number of aromatic nitrogens is 3. The number of alkyl halides is 4. The molecule has 0 spiro atoms. The molecular formula is C23H35Cl2F3N4O. The van der Waals surface area contributed by atoms with E-state index in [-0.39, 0.29) is 5.69 Å². The standard InChI is InChI=1S/C16H23F3N4O.C3H4Cl2.C2H6.C2H2/c1-4-8-14-21-22(12-7-11-20-3)15(24)23(14)13(5-2)9-6-10-16(17,18)19;4-2-1-3-5;2*1-2/h4-6,8-9,20H,7,10-12H2,1-3H3;1-2H,3H2;1-2H3;1-2H/b8-4+,9-6-,13-5+;2-1+;;. The van der Waals surface area contributed by atoms with Crippen LogP contribution in [0.4, 0.5) is 13.2 Å². The molecule has 0 aliphatic carbocycles. The molecule has 33 heavy (non-hydrogen) atoms. The van der Waals surface area contributed by atoms with Crippen LogP contribution in [-0.4, -0.2) is 40.0 Å². The first-order valence-corrected chi connectivity index (χ1v) is 11.2. The fourth-order valence-corrected chi connectivity index (χ4v) is 2.39. The zero-order valence-electron chi connectivity index (χ0n) is 19.9. The Labute approximate surface area is 205 Å². The molecule has 188 valence electrons. The highest BCUT2D eigenvalue weighted by molar-refractivity contribution is 6.26. The van der Waals surface area contributed by atoms with Gasteiger partial charge in [-0.2, -0.15) is 13.2 Å². The molecule has 10 heteroatoms. The van der Waals surface area contributed by atoms with E-state index in [1.165, 1.54) is 20.9 Å². The van der Waals surface area contributed by atoms with E-state index in [4.69, 9.17) is 23.2 Å². The zero-order valence-corrected chi connectivity index (χ0v) is 21.4. The Hall–Kier alpha value is -2.21. The molecule has 0 aliphatic heterocycles. The molecule has 0 aromatic carbocycles. The minimum Gasteiger partial charge on any atom is -0.320 e. The lowest BCUT2D eigenvalue weighted by molar-refractivity contribution is -0.125. The first kappa shape index (κ1) is 35.4. The van der Waals surface area contributed by atoms with Gasteiger partial charge in [0, 0.05) is 23.7 Å². The van der Waals surface area contributed by atoms with Crippen LogP contribution in [0.1, 0.15) is 46.4 Å². The van der Waals surface area contributed by atoms with E-state index in [1.807, 2.05) is 20.9 Å². The molecule has 0 fully saturated rings. The molecule has 0 saturated heterocycles. The van der Waals surface area contributed by atoms with Crippen molar-refractivity contribution in [1.82, 2.24) is 19.7 Å². The van der Waals surface area contributed by atoms with E-state index < -0.39 is 12.6 Å². The molecule has 1 N–H and O–H groups in total. The Morgan fingerprint density at radius 3 is 2.21 bits per heavy atom. The van der Waals surface area contributed by atoms with Gasteiger partial charge in [-0.3, -0.25) is 0 Å². The van der Waals surface area contributed by atoms with Gasteiger partial charge in [0.05, 0.1) is 6.42 Å². The lowest BCUT2D eigenvalue weighted by Gasteiger charge is -2.05. The Kier molecular flexibility index (Phi) is 24.6. The second kappa shape index (κ2) is 23.0. The van der Waals surface area contributed by atoms with Crippen molar-refractivity contribution < 1.29 is 13.2 Å². The summed E-state index contributed by atoms with van der Waals surface area (Å²) < 4.78 is 39.5. The van der Waals surface area contributed by atoms with E-state index in [1.54, 1.807) is 38.2 Å². The smallest absolute Gasteiger partial charge is 0.320 e. The topological polar surface area (TPSA) is 51.9 Å². The maximum atomic E-state index is 12.5. The number of rotatable bonds is 9. The molecule has 1 aromatic heterocycles. The van der Waals surface area contributed by atoms with Crippen molar-refractivity contribution in [2.24, 2.45) is 0 Å². The van der Waals surface area contributed by atoms with Crippen LogP contribution in [0.3, 0.4) is 0 Å². The first-order valence-electron chi connectivity index (χ1n) is 10.3. The van der Waals surface area contributed by atoms with Gasteiger partial charge < -0.3 is 5.32 Å². The first-order chi connectivity index (χ1) is 15.7. The quantitative estimate of drug-likeness (QED) is 0.183. The highest BCUT2D eigenvalue weighted by Crippen LogP contribution is 2.20. The van der Waals surface area contributed by atoms with Crippen LogP contribution in [0.25, 0.3) is 11.8 Å². The summed E-state index contributed by atoms with van der Waals surface area (Å²) in [6, 6.07) is 0. The van der Waals surface area contributed by atoms with Crippen LogP contribution < -0.4 is 11.0 Å². The zero-order chi connectivity index (χ0) is 26.3. The normalized spacial score (nSPS) is 11.6. The highest BCUT2D eigenvalue weighted by atomic mass is 35.5. The summed E-state index contributed by atoms with van der Waals surface area (Å²) in [5.41, 5.74) is 1.38. The minimum absolute atomic E-state index is 0.359. The number of nitrogens with zero attached hydrogens (tertiary/aromatic N) is 3. The van der Waals surface area contributed by atoms with Gasteiger partial charge >= 0.3 is 11.9 Å². The molecule has 5 nitrogen and oxygen atoms in total. The van der Waals surface area contributed by atoms with Crippen molar-refractivity contribution in [3.05, 3.63) is 52.2 Å². The summed E-state index contributed by atoms with van der Waals surface area (Å²) in [7, 11) is 1.82. The Morgan fingerprint density at radius 2 is 1.82 bits per heavy atom. The van der Waals surface area contributed by atoms with E-state index in [9.17, 15) is 18.0 Å². The summed E-state index contributed by atoms with van der Waals surface area (Å²) in [6.07, 6.45) is 12.3. The van der Waals surface area contributed by atoms with Gasteiger partial charge in [0.2, 0.25) is 0 Å². The van der Waals surface area contributed by atoms with Gasteiger partial charge in [0.1, 0.15) is 0 Å². The third-order valence-corrected chi connectivity index (χ3v) is 3.70. The average Bonchev–Trinajstić information content (AvgIpc) is 3.10. The van der Waals surface area contributed by atoms with Crippen LogP contribution in [0.2, 0.25) is 0 Å². The number of halogens is 5. The molecule has 0 unspecified atom stereocenters. The molecule has 0 atom stereocenters. The Balaban J connectivity index is -0.000000862. The number of hydrogen-bond acceptors (Lipinski definition) is 3. The molecular weight excluding hydrogens is 476 g/mol. The van der Waals surface area contributed by atoms with Gasteiger partial charge in [0.25, 0.3) is 0 Å². The van der Waals surface area contributed by atoms with E-state index >= 15 is 0 Å². The molecule has 1 aromatic rings. The molecule has 0 saturated carbocycles. The molecule has 0 radical (unpaired) electrons. The maximum absolute atomic E-state index is 12.5. The van der Waals surface area contributed by atoms with Crippen molar-refractivity contribution in [1.29, 1.82) is 0 Å². The van der Waals surface area contributed by atoms with Gasteiger partial charge in [-0.25, -0.2) is 14.0 Å². The summed E-state index contributed by atoms with van der Waals surface area (Å²) >= 11 is 10.2. The van der Waals surface area contributed by atoms with Crippen LogP contribution in [0, 0.1) is 12.8 Å². The third kappa shape index (κ3) is 17.0. The maximum Gasteiger partial charge on any atom is 0.392 e. The van der Waals surface area contributed by atoms with Gasteiger partial charge in [-0.05, 0) is 46.0 Å². The monoisotopic (exact) mass is 510 g/mol. The van der Waals surface area contributed by atoms with E-state index in [0.717, 1.165) is 19.0 Å². The van der Waals surface area contributed by atoms with Gasteiger partial charge in [-0.1, -0.05) is 49.8 Å². The summed E-state index contributed by atoms with van der Waals surface area (Å²) in [5, 5.41) is 7.24. The average molecular weight is 511 g/mol. The molecule has 0 amide bonds. The van der Waals surface area contributed by atoms with Crippen molar-refractivity contribution in [3.8, 4) is 12.8 Å². The Morgan fingerprint density at radius 1 is 1.21 bits per heavy atom. The second-order valence-corrected chi connectivity index (χ2v) is 6.17. The van der Waals surface area contributed by atoms with Crippen molar-refractivity contribution in [2.45, 2.75) is 53.3 Å². The number of allylic oxidation sites excluding steroid dienone is 6. The predicted molar refractivity (Wildman–Crippen MR) is 136 cm³/mol. The fraction of sp³-hybridized carbons (Fsp3) is 0.478. The number of aryl methyl sites for hydroxylation is 1. The molecule has 1 rings (SSSR count). The lowest BCUT2D eigenvalue weighted by Crippen LogP contribution is -2.25. The van der Waals surface area contributed by atoms with E-state index in [0.29, 0.717) is 23.9 Å². The molecule has 0 aliphatic rings. The fourth-order valence-electron chi connectivity index (χ4n) is 2.12. The summed E-state index contributed by atoms with van der Waals surface area (Å²) in [6.45, 7) is 8.61. The third-order valence-electron chi connectivity index (χ3n) is 3.35. The number of terminal acetylenes is 1. The van der Waals surface area contributed by atoms with Crippen molar-refractivity contribution >= 4 is 35.0 Å². The Bertz CT molecular complexity index is 805. The summed E-state index contributed by atoms with van der Waals surface area (Å²) in [4.78, 5) is 12.5. The largest absolute Gasteiger partial charge is 0.392 e. The molecule has 0 bridgehead atoms. The van der Waals surface area contributed by atoms with Gasteiger partial charge in [-0.15, -0.1) is 29.5 Å². The highest BCUT2D eigenvalue weighted by Gasteiger charge is 2.24. The second-order valence-electron chi connectivity index (χ2n) is 5.61. The van der Waals surface area contributed by atoms with Crippen molar-refractivity contribution in [2.75, 3.05) is 19.5 Å². The van der Waals surface area contributed by atoms with Gasteiger partial charge in [0.15, 0.2) is 5.82 Å². The van der Waals surface area contributed by atoms with Crippen molar-refractivity contribution in [3.63, 3.8) is 0 Å². The SMILES string of the molecule is C#C.C/C=C/c1nn(CCCNC)c(=O)n1C(/C=C\CC(F)(F)F)=C/C.CC.Cl/C=C/CCl. The number of hydrogen-bond donors (Lipinski definition) is 1. The van der Waals surface area contributed by atoms with Crippen LogP contribution >= 0.6 is 23.2 Å².